The van der Waals surface area contributed by atoms with E-state index in [0.29, 0.717) is 6.42 Å². The third kappa shape index (κ3) is 1.37. The van der Waals surface area contributed by atoms with Crippen LogP contribution in [0.25, 0.3) is 0 Å². The summed E-state index contributed by atoms with van der Waals surface area (Å²) in [6.45, 7) is 1.86. The normalized spacial score (nSPS) is 16.7. The zero-order valence-electron chi connectivity index (χ0n) is 5.87. The lowest BCUT2D eigenvalue weighted by Gasteiger charge is -2.18. The number of rotatable bonds is 2. The van der Waals surface area contributed by atoms with Crippen LogP contribution in [0.4, 0.5) is 0 Å². The Hall–Kier alpha value is -0.380. The predicted molar refractivity (Wildman–Crippen MR) is 42.7 cm³/mol. The van der Waals surface area contributed by atoms with Gasteiger partial charge in [0.2, 0.25) is 0 Å². The summed E-state index contributed by atoms with van der Waals surface area (Å²) in [4.78, 5) is 0.829. The van der Waals surface area contributed by atoms with Gasteiger partial charge in [-0.1, -0.05) is 13.0 Å². The van der Waals surface area contributed by atoms with Crippen molar-refractivity contribution in [3.8, 4) is 0 Å². The molecule has 1 heterocycles. The molecule has 3 N–H and O–H groups in total. The summed E-state index contributed by atoms with van der Waals surface area (Å²) in [5, 5.41) is 11.4. The van der Waals surface area contributed by atoms with E-state index in [2.05, 4.69) is 0 Å². The minimum Gasteiger partial charge on any atom is -0.371 e. The molecule has 0 aliphatic rings. The minimum atomic E-state index is -1.12. The van der Waals surface area contributed by atoms with E-state index in [1.54, 1.807) is 0 Å². The Morgan fingerprint density at radius 3 is 2.90 bits per heavy atom. The van der Waals surface area contributed by atoms with Gasteiger partial charge < -0.3 is 5.11 Å². The lowest BCUT2D eigenvalue weighted by Crippen LogP contribution is -2.34. The van der Waals surface area contributed by atoms with E-state index < -0.39 is 5.72 Å². The van der Waals surface area contributed by atoms with Crippen molar-refractivity contribution in [3.63, 3.8) is 0 Å². The first-order chi connectivity index (χ1) is 4.67. The van der Waals surface area contributed by atoms with Gasteiger partial charge in [0.15, 0.2) is 0 Å². The summed E-state index contributed by atoms with van der Waals surface area (Å²) in [5.74, 6) is 0. The van der Waals surface area contributed by atoms with Crippen molar-refractivity contribution in [2.75, 3.05) is 0 Å². The largest absolute Gasteiger partial charge is 0.371 e. The molecule has 0 unspecified atom stereocenters. The first kappa shape index (κ1) is 7.72. The second-order valence-electron chi connectivity index (χ2n) is 2.26. The second-order valence-corrected chi connectivity index (χ2v) is 3.20. The quantitative estimate of drug-likeness (QED) is 0.635. The SMILES string of the molecule is CC[C@](N)(O)c1cccs1. The highest BCUT2D eigenvalue weighted by atomic mass is 32.1. The van der Waals surface area contributed by atoms with Crippen molar-refractivity contribution < 1.29 is 5.11 Å². The maximum absolute atomic E-state index is 9.47. The molecular weight excluding hydrogens is 146 g/mol. The van der Waals surface area contributed by atoms with E-state index >= 15 is 0 Å². The van der Waals surface area contributed by atoms with E-state index in [0.717, 1.165) is 4.88 Å². The predicted octanol–water partition coefficient (Wildman–Crippen LogP) is 1.26. The molecule has 1 atom stereocenters. The summed E-state index contributed by atoms with van der Waals surface area (Å²) in [6, 6.07) is 3.72. The Morgan fingerprint density at radius 1 is 1.80 bits per heavy atom. The lowest BCUT2D eigenvalue weighted by molar-refractivity contribution is 0.0433. The van der Waals surface area contributed by atoms with Gasteiger partial charge in [0.05, 0.1) is 4.88 Å². The highest BCUT2D eigenvalue weighted by molar-refractivity contribution is 7.10. The molecule has 0 radical (unpaired) electrons. The van der Waals surface area contributed by atoms with Gasteiger partial charge >= 0.3 is 0 Å². The molecule has 0 aliphatic heterocycles. The van der Waals surface area contributed by atoms with Crippen molar-refractivity contribution in [2.24, 2.45) is 5.73 Å². The van der Waals surface area contributed by atoms with E-state index in [-0.39, 0.29) is 0 Å². The number of hydrogen-bond donors (Lipinski definition) is 2. The maximum atomic E-state index is 9.47. The summed E-state index contributed by atoms with van der Waals surface area (Å²) in [5.41, 5.74) is 4.43. The second kappa shape index (κ2) is 2.70. The molecule has 2 nitrogen and oxygen atoms in total. The average Bonchev–Trinajstić information content (AvgIpc) is 2.38. The molecular formula is C7H11NOS. The van der Waals surface area contributed by atoms with Gasteiger partial charge in [-0.2, -0.15) is 0 Å². The molecule has 0 spiro atoms. The van der Waals surface area contributed by atoms with Crippen LogP contribution in [-0.2, 0) is 5.72 Å². The molecule has 0 fully saturated rings. The number of nitrogens with two attached hydrogens (primary N) is 1. The Morgan fingerprint density at radius 2 is 2.50 bits per heavy atom. The van der Waals surface area contributed by atoms with E-state index in [1.807, 2.05) is 24.4 Å². The lowest BCUT2D eigenvalue weighted by atomic mass is 10.1. The zero-order valence-corrected chi connectivity index (χ0v) is 6.69. The van der Waals surface area contributed by atoms with Crippen molar-refractivity contribution in [1.29, 1.82) is 0 Å². The standard InChI is InChI=1S/C7H11NOS/c1-2-7(8,9)6-4-3-5-10-6/h3-5,9H,2,8H2,1H3/t7-/m0/s1. The summed E-state index contributed by atoms with van der Waals surface area (Å²) < 4.78 is 0. The van der Waals surface area contributed by atoms with Crippen molar-refractivity contribution in [1.82, 2.24) is 0 Å². The van der Waals surface area contributed by atoms with Gasteiger partial charge in [0.1, 0.15) is 5.72 Å². The number of hydrogen-bond acceptors (Lipinski definition) is 3. The Bertz CT molecular complexity index is 193. The van der Waals surface area contributed by atoms with Crippen LogP contribution >= 0.6 is 11.3 Å². The molecule has 0 bridgehead atoms. The van der Waals surface area contributed by atoms with Gasteiger partial charge in [-0.25, -0.2) is 0 Å². The molecule has 0 saturated heterocycles. The van der Waals surface area contributed by atoms with Gasteiger partial charge in [-0.15, -0.1) is 11.3 Å². The number of thiophene rings is 1. The Balaban J connectivity index is 2.85. The Labute approximate surface area is 64.3 Å². The smallest absolute Gasteiger partial charge is 0.148 e. The van der Waals surface area contributed by atoms with Crippen LogP contribution in [0.5, 0.6) is 0 Å². The fourth-order valence-electron chi connectivity index (χ4n) is 0.699. The monoisotopic (exact) mass is 157 g/mol. The maximum Gasteiger partial charge on any atom is 0.148 e. The topological polar surface area (TPSA) is 46.2 Å². The molecule has 0 amide bonds. The molecule has 0 saturated carbocycles. The minimum absolute atomic E-state index is 0.549. The van der Waals surface area contributed by atoms with Crippen molar-refractivity contribution in [3.05, 3.63) is 22.4 Å². The van der Waals surface area contributed by atoms with Crippen molar-refractivity contribution in [2.45, 2.75) is 19.1 Å². The third-order valence-corrected chi connectivity index (χ3v) is 2.52. The first-order valence-electron chi connectivity index (χ1n) is 3.22. The zero-order chi connectivity index (χ0) is 7.61. The molecule has 56 valence electrons. The van der Waals surface area contributed by atoms with Crippen LogP contribution in [0.15, 0.2) is 17.5 Å². The van der Waals surface area contributed by atoms with E-state index in [4.69, 9.17) is 5.73 Å². The highest BCUT2D eigenvalue weighted by Crippen LogP contribution is 2.22. The molecule has 1 aromatic heterocycles. The van der Waals surface area contributed by atoms with Gasteiger partial charge in [-0.3, -0.25) is 5.73 Å². The summed E-state index contributed by atoms with van der Waals surface area (Å²) in [7, 11) is 0. The van der Waals surface area contributed by atoms with Crippen molar-refractivity contribution >= 4 is 11.3 Å². The average molecular weight is 157 g/mol. The van der Waals surface area contributed by atoms with Crippen LogP contribution in [0.1, 0.15) is 18.2 Å². The van der Waals surface area contributed by atoms with Crippen LogP contribution in [0.2, 0.25) is 0 Å². The van der Waals surface area contributed by atoms with Crippen LogP contribution in [0, 0.1) is 0 Å². The van der Waals surface area contributed by atoms with Crippen LogP contribution in [-0.4, -0.2) is 5.11 Å². The molecule has 0 aromatic carbocycles. The molecule has 0 aliphatic carbocycles. The summed E-state index contributed by atoms with van der Waals surface area (Å²) in [6.07, 6.45) is 0.549. The number of aliphatic hydroxyl groups is 1. The van der Waals surface area contributed by atoms with Gasteiger partial charge in [0.25, 0.3) is 0 Å². The molecule has 3 heteroatoms. The van der Waals surface area contributed by atoms with Gasteiger partial charge in [-0.05, 0) is 17.9 Å². The summed E-state index contributed by atoms with van der Waals surface area (Å²) >= 11 is 1.48. The molecule has 10 heavy (non-hydrogen) atoms. The third-order valence-electron chi connectivity index (χ3n) is 1.49. The van der Waals surface area contributed by atoms with Crippen LogP contribution in [0.3, 0.4) is 0 Å². The van der Waals surface area contributed by atoms with Gasteiger partial charge in [0, 0.05) is 0 Å². The van der Waals surface area contributed by atoms with E-state index in [9.17, 15) is 5.11 Å². The molecule has 1 aromatic rings. The first-order valence-corrected chi connectivity index (χ1v) is 4.10. The fourth-order valence-corrected chi connectivity index (χ4v) is 1.51. The fraction of sp³-hybridized carbons (Fsp3) is 0.429. The van der Waals surface area contributed by atoms with Crippen LogP contribution < -0.4 is 5.73 Å². The van der Waals surface area contributed by atoms with E-state index in [1.165, 1.54) is 11.3 Å². The highest BCUT2D eigenvalue weighted by Gasteiger charge is 2.21. The Kier molecular flexibility index (Phi) is 2.08. The molecule has 1 rings (SSSR count).